The Balaban J connectivity index is 1.37. The molecule has 2 amide bonds. The van der Waals surface area contributed by atoms with Gasteiger partial charge in [-0.2, -0.15) is 5.10 Å². The summed E-state index contributed by atoms with van der Waals surface area (Å²) < 4.78 is 5.37. The first-order chi connectivity index (χ1) is 14.5. The van der Waals surface area contributed by atoms with Gasteiger partial charge < -0.3 is 15.0 Å². The number of carbonyl (C=O) groups is 2. The van der Waals surface area contributed by atoms with Gasteiger partial charge in [0.1, 0.15) is 6.61 Å². The van der Waals surface area contributed by atoms with Crippen molar-refractivity contribution in [2.24, 2.45) is 0 Å². The zero-order valence-electron chi connectivity index (χ0n) is 17.4. The van der Waals surface area contributed by atoms with E-state index in [1.165, 1.54) is 0 Å². The maximum absolute atomic E-state index is 12.4. The molecule has 0 unspecified atom stereocenters. The lowest BCUT2D eigenvalue weighted by atomic mass is 10.0. The molecule has 1 fully saturated rings. The van der Waals surface area contributed by atoms with E-state index in [-0.39, 0.29) is 30.5 Å². The van der Waals surface area contributed by atoms with Gasteiger partial charge in [-0.1, -0.05) is 18.2 Å². The van der Waals surface area contributed by atoms with Crippen LogP contribution in [-0.2, 0) is 22.6 Å². The Morgan fingerprint density at radius 3 is 2.63 bits per heavy atom. The number of piperidine rings is 1. The van der Waals surface area contributed by atoms with Gasteiger partial charge in [0, 0.05) is 30.7 Å². The van der Waals surface area contributed by atoms with Crippen molar-refractivity contribution in [2.75, 3.05) is 22.9 Å². The van der Waals surface area contributed by atoms with Crippen LogP contribution in [0.3, 0.4) is 0 Å². The molecule has 30 heavy (non-hydrogen) atoms. The predicted octanol–water partition coefficient (Wildman–Crippen LogP) is 2.67. The number of nitrogens with one attached hydrogen (secondary N) is 1. The lowest BCUT2D eigenvalue weighted by Gasteiger charge is -2.40. The summed E-state index contributed by atoms with van der Waals surface area (Å²) in [5.74, 6) is 0.740. The molecule has 2 aromatic rings. The third-order valence-corrected chi connectivity index (χ3v) is 5.45. The molecule has 2 aliphatic heterocycles. The van der Waals surface area contributed by atoms with Crippen molar-refractivity contribution < 1.29 is 14.3 Å². The Hall–Kier alpha value is -3.16. The number of benzene rings is 1. The standard InChI is InChI=1S/C22H27N5O3/c1-15(2)23-21(28)13-17-7-8-20(25-24-17)26-11-9-18(10-12-26)27-19-6-4-3-5-16(19)14-30-22(27)29/h3-8,15,18H,9-14H2,1-2H3,(H,23,28). The van der Waals surface area contributed by atoms with Crippen LogP contribution >= 0.6 is 0 Å². The van der Waals surface area contributed by atoms with Gasteiger partial charge in [-0.05, 0) is 44.9 Å². The Morgan fingerprint density at radius 1 is 1.17 bits per heavy atom. The molecule has 8 heteroatoms. The minimum atomic E-state index is -0.268. The molecule has 0 bridgehead atoms. The molecule has 0 saturated carbocycles. The molecule has 1 aromatic carbocycles. The first-order valence-electron chi connectivity index (χ1n) is 10.4. The van der Waals surface area contributed by atoms with Crippen molar-refractivity contribution in [1.82, 2.24) is 15.5 Å². The van der Waals surface area contributed by atoms with Gasteiger partial charge in [0.05, 0.1) is 17.8 Å². The van der Waals surface area contributed by atoms with Crippen LogP contribution in [0.15, 0.2) is 36.4 Å². The summed E-state index contributed by atoms with van der Waals surface area (Å²) in [6.45, 7) is 5.75. The number of ether oxygens (including phenoxy) is 1. The van der Waals surface area contributed by atoms with Crippen molar-refractivity contribution in [3.8, 4) is 0 Å². The minimum absolute atomic E-state index is 0.0541. The fourth-order valence-corrected chi connectivity index (χ4v) is 4.03. The van der Waals surface area contributed by atoms with E-state index in [0.29, 0.717) is 12.3 Å². The first kappa shape index (κ1) is 20.1. The summed E-state index contributed by atoms with van der Waals surface area (Å²) in [6.07, 6.45) is 1.60. The summed E-state index contributed by atoms with van der Waals surface area (Å²) in [5.41, 5.74) is 2.65. The number of nitrogens with zero attached hydrogens (tertiary/aromatic N) is 4. The van der Waals surface area contributed by atoms with Gasteiger partial charge in [-0.25, -0.2) is 4.79 Å². The number of carbonyl (C=O) groups excluding carboxylic acids is 2. The van der Waals surface area contributed by atoms with Crippen LogP contribution in [0.2, 0.25) is 0 Å². The highest BCUT2D eigenvalue weighted by Crippen LogP contribution is 2.32. The van der Waals surface area contributed by atoms with E-state index in [1.807, 2.05) is 50.2 Å². The molecule has 0 radical (unpaired) electrons. The third kappa shape index (κ3) is 4.37. The topological polar surface area (TPSA) is 87.7 Å². The van der Waals surface area contributed by atoms with Gasteiger partial charge in [0.2, 0.25) is 5.91 Å². The number of hydrogen-bond donors (Lipinski definition) is 1. The van der Waals surface area contributed by atoms with Crippen molar-refractivity contribution in [3.05, 3.63) is 47.7 Å². The largest absolute Gasteiger partial charge is 0.444 e. The minimum Gasteiger partial charge on any atom is -0.444 e. The average molecular weight is 409 g/mol. The maximum atomic E-state index is 12.4. The van der Waals surface area contributed by atoms with Crippen LogP contribution in [0.4, 0.5) is 16.3 Å². The zero-order chi connectivity index (χ0) is 21.1. The second-order valence-electron chi connectivity index (χ2n) is 8.05. The average Bonchev–Trinajstić information content (AvgIpc) is 2.74. The molecule has 0 spiro atoms. The number of anilines is 2. The number of para-hydroxylation sites is 1. The van der Waals surface area contributed by atoms with Crippen molar-refractivity contribution in [1.29, 1.82) is 0 Å². The maximum Gasteiger partial charge on any atom is 0.414 e. The number of amides is 2. The normalized spacial score (nSPS) is 17.0. The Morgan fingerprint density at radius 2 is 1.93 bits per heavy atom. The van der Waals surface area contributed by atoms with E-state index in [0.717, 1.165) is 43.0 Å². The second kappa shape index (κ2) is 8.69. The molecule has 0 atom stereocenters. The summed E-state index contributed by atoms with van der Waals surface area (Å²) >= 11 is 0. The lowest BCUT2D eigenvalue weighted by molar-refractivity contribution is -0.120. The Labute approximate surface area is 176 Å². The van der Waals surface area contributed by atoms with Crippen LogP contribution in [0.1, 0.15) is 37.9 Å². The van der Waals surface area contributed by atoms with E-state index < -0.39 is 0 Å². The highest BCUT2D eigenvalue weighted by atomic mass is 16.6. The van der Waals surface area contributed by atoms with Crippen LogP contribution in [0.5, 0.6) is 0 Å². The van der Waals surface area contributed by atoms with E-state index in [4.69, 9.17) is 4.74 Å². The fraction of sp³-hybridized carbons (Fsp3) is 0.455. The summed E-state index contributed by atoms with van der Waals surface area (Å²) in [5, 5.41) is 11.4. The Bertz CT molecular complexity index is 907. The third-order valence-electron chi connectivity index (χ3n) is 5.45. The van der Waals surface area contributed by atoms with E-state index in [2.05, 4.69) is 20.4 Å². The molecule has 1 N–H and O–H groups in total. The zero-order valence-corrected chi connectivity index (χ0v) is 17.4. The fourth-order valence-electron chi connectivity index (χ4n) is 4.03. The van der Waals surface area contributed by atoms with E-state index in [1.54, 1.807) is 4.90 Å². The number of aromatic nitrogens is 2. The molecule has 8 nitrogen and oxygen atoms in total. The van der Waals surface area contributed by atoms with Crippen molar-refractivity contribution in [3.63, 3.8) is 0 Å². The predicted molar refractivity (Wildman–Crippen MR) is 113 cm³/mol. The molecule has 1 aromatic heterocycles. The van der Waals surface area contributed by atoms with Crippen molar-refractivity contribution >= 4 is 23.5 Å². The number of hydrogen-bond acceptors (Lipinski definition) is 6. The van der Waals surface area contributed by atoms with Crippen LogP contribution in [0, 0.1) is 0 Å². The quantitative estimate of drug-likeness (QED) is 0.817. The number of rotatable bonds is 5. The van der Waals surface area contributed by atoms with Crippen LogP contribution < -0.4 is 15.1 Å². The van der Waals surface area contributed by atoms with Gasteiger partial charge in [0.25, 0.3) is 0 Å². The number of fused-ring (bicyclic) bond motifs is 1. The lowest BCUT2D eigenvalue weighted by Crippen LogP contribution is -2.49. The second-order valence-corrected chi connectivity index (χ2v) is 8.05. The highest BCUT2D eigenvalue weighted by molar-refractivity contribution is 5.91. The monoisotopic (exact) mass is 409 g/mol. The molecule has 158 valence electrons. The molecule has 1 saturated heterocycles. The highest BCUT2D eigenvalue weighted by Gasteiger charge is 2.34. The van der Waals surface area contributed by atoms with Crippen LogP contribution in [-0.4, -0.2) is 47.4 Å². The van der Waals surface area contributed by atoms with E-state index >= 15 is 0 Å². The first-order valence-corrected chi connectivity index (χ1v) is 10.4. The number of cyclic esters (lactones) is 1. The van der Waals surface area contributed by atoms with Crippen molar-refractivity contribution in [2.45, 2.75) is 51.8 Å². The van der Waals surface area contributed by atoms with Gasteiger partial charge in [0.15, 0.2) is 5.82 Å². The Kier molecular flexibility index (Phi) is 5.83. The summed E-state index contributed by atoms with van der Waals surface area (Å²) in [6, 6.07) is 11.9. The summed E-state index contributed by atoms with van der Waals surface area (Å²) in [4.78, 5) is 28.3. The molecule has 2 aliphatic rings. The van der Waals surface area contributed by atoms with Gasteiger partial charge >= 0.3 is 6.09 Å². The molecule has 3 heterocycles. The van der Waals surface area contributed by atoms with Crippen LogP contribution in [0.25, 0.3) is 0 Å². The smallest absolute Gasteiger partial charge is 0.414 e. The van der Waals surface area contributed by atoms with E-state index in [9.17, 15) is 9.59 Å². The molecular formula is C22H27N5O3. The molecule has 4 rings (SSSR count). The van der Waals surface area contributed by atoms with Gasteiger partial charge in [-0.15, -0.1) is 5.10 Å². The SMILES string of the molecule is CC(C)NC(=O)Cc1ccc(N2CCC(N3C(=O)OCc4ccccc43)CC2)nn1. The van der Waals surface area contributed by atoms with Gasteiger partial charge in [-0.3, -0.25) is 9.69 Å². The molecule has 0 aliphatic carbocycles. The molecular weight excluding hydrogens is 382 g/mol. The summed E-state index contributed by atoms with van der Waals surface area (Å²) in [7, 11) is 0.